The van der Waals surface area contributed by atoms with E-state index in [4.69, 9.17) is 24.3 Å². The van der Waals surface area contributed by atoms with Crippen molar-refractivity contribution in [2.45, 2.75) is 161 Å². The van der Waals surface area contributed by atoms with Crippen LogP contribution in [0, 0.1) is 0 Å². The number of aliphatic hydroxyl groups is 1. The molecule has 3 unspecified atom stereocenters. The van der Waals surface area contributed by atoms with E-state index in [0.717, 1.165) is 77.0 Å². The van der Waals surface area contributed by atoms with Crippen LogP contribution in [0.15, 0.2) is 60.8 Å². The molecule has 3 atom stereocenters. The number of hydrogen-bond acceptors (Lipinski definition) is 9. The van der Waals surface area contributed by atoms with Crippen molar-refractivity contribution in [3.05, 3.63) is 60.8 Å². The molecule has 0 aromatic carbocycles. The van der Waals surface area contributed by atoms with Gasteiger partial charge in [-0.15, -0.1) is 0 Å². The van der Waals surface area contributed by atoms with Crippen molar-refractivity contribution in [1.82, 2.24) is 0 Å². The quantitative estimate of drug-likeness (QED) is 0.0185. The number of carbonyl (C=O) groups is 2. The fraction of sp³-hybridized carbons (Fsp3) is 0.707. The van der Waals surface area contributed by atoms with E-state index in [2.05, 4.69) is 38.2 Å². The van der Waals surface area contributed by atoms with Gasteiger partial charge in [-0.05, 0) is 64.2 Å². The minimum Gasteiger partial charge on any atom is -0.462 e. The average Bonchev–Trinajstić information content (AvgIpc) is 3.12. The van der Waals surface area contributed by atoms with Crippen LogP contribution in [0.3, 0.4) is 0 Å². The first-order valence-corrected chi connectivity index (χ1v) is 21.4. The van der Waals surface area contributed by atoms with Gasteiger partial charge in [0, 0.05) is 19.4 Å². The Hall–Kier alpha value is -2.33. The topological polar surface area (TPSA) is 155 Å². The monoisotopic (exact) mass is 753 g/mol. The molecule has 0 aliphatic carbocycles. The molecule has 0 saturated carbocycles. The second-order valence-electron chi connectivity index (χ2n) is 13.0. The van der Waals surface area contributed by atoms with Gasteiger partial charge in [0.25, 0.3) is 0 Å². The molecule has 4 N–H and O–H groups in total. The Kier molecular flexibility index (Phi) is 35.3. The molecular formula is C41H72NO9P. The molecule has 0 radical (unpaired) electrons. The lowest BCUT2D eigenvalue weighted by molar-refractivity contribution is -0.161. The molecule has 0 bridgehead atoms. The van der Waals surface area contributed by atoms with Crippen LogP contribution in [-0.4, -0.2) is 60.5 Å². The highest BCUT2D eigenvalue weighted by Crippen LogP contribution is 2.43. The summed E-state index contributed by atoms with van der Waals surface area (Å²) >= 11 is 0. The van der Waals surface area contributed by atoms with Gasteiger partial charge in [0.05, 0.1) is 19.3 Å². The number of rotatable bonds is 36. The molecule has 0 spiro atoms. The number of esters is 2. The third-order valence-corrected chi connectivity index (χ3v) is 8.96. The van der Waals surface area contributed by atoms with E-state index in [-0.39, 0.29) is 38.7 Å². The summed E-state index contributed by atoms with van der Waals surface area (Å²) in [4.78, 5) is 34.7. The molecule has 0 aromatic rings. The van der Waals surface area contributed by atoms with E-state index < -0.39 is 32.5 Å². The summed E-state index contributed by atoms with van der Waals surface area (Å²) in [7, 11) is -4.40. The van der Waals surface area contributed by atoms with Gasteiger partial charge in [0.1, 0.15) is 6.61 Å². The van der Waals surface area contributed by atoms with Gasteiger partial charge in [-0.3, -0.25) is 18.6 Å². The summed E-state index contributed by atoms with van der Waals surface area (Å²) in [5.41, 5.74) is 5.33. The van der Waals surface area contributed by atoms with Crippen molar-refractivity contribution in [3.8, 4) is 0 Å². The number of allylic oxidation sites excluding steroid dienone is 9. The number of phosphoric acid groups is 1. The second-order valence-corrected chi connectivity index (χ2v) is 14.4. The van der Waals surface area contributed by atoms with Gasteiger partial charge < -0.3 is 25.2 Å². The maximum Gasteiger partial charge on any atom is 0.472 e. The first kappa shape index (κ1) is 49.7. The number of nitrogens with two attached hydrogens (primary N) is 1. The molecule has 0 amide bonds. The second kappa shape index (κ2) is 37.0. The molecule has 0 saturated heterocycles. The SMILES string of the molecule is CCCCCCC=CCCCCCCCC(=O)OCC(COP(=O)(O)OCCN)OC(=O)CCCC=CCC=CCC=CC=CC(O)CCCCC. The predicted molar refractivity (Wildman–Crippen MR) is 212 cm³/mol. The summed E-state index contributed by atoms with van der Waals surface area (Å²) in [5, 5.41) is 9.88. The van der Waals surface area contributed by atoms with E-state index >= 15 is 0 Å². The minimum absolute atomic E-state index is 0.0336. The number of hydrogen-bond donors (Lipinski definition) is 3. The van der Waals surface area contributed by atoms with Gasteiger partial charge in [-0.2, -0.15) is 0 Å². The molecule has 0 aromatic heterocycles. The summed E-state index contributed by atoms with van der Waals surface area (Å²) in [5.74, 6) is -0.937. The normalized spacial score (nSPS) is 14.6. The standard InChI is InChI=1S/C41H72NO9P/c1-3-5-7-8-9-10-11-12-15-18-21-24-28-32-40(44)48-36-39(37-50-52(46,47)49-35-34-42)51-41(45)33-29-25-22-19-16-13-14-17-20-23-27-31-38(43)30-26-6-4-2/h10-11,13-14,19-20,22-23,27,31,38-39,43H,3-9,12,15-18,21,24-26,28-30,32-37,42H2,1-2H3,(H,46,47). The molecule has 0 fully saturated rings. The van der Waals surface area contributed by atoms with Crippen molar-refractivity contribution < 1.29 is 42.7 Å². The van der Waals surface area contributed by atoms with E-state index in [1.165, 1.54) is 25.7 Å². The largest absolute Gasteiger partial charge is 0.472 e. The van der Waals surface area contributed by atoms with Crippen LogP contribution < -0.4 is 5.73 Å². The number of unbranched alkanes of at least 4 members (excludes halogenated alkanes) is 12. The van der Waals surface area contributed by atoms with Crippen LogP contribution in [0.2, 0.25) is 0 Å². The van der Waals surface area contributed by atoms with E-state index in [1.54, 1.807) is 0 Å². The lowest BCUT2D eigenvalue weighted by Gasteiger charge is -2.19. The molecule has 300 valence electrons. The number of phosphoric ester groups is 1. The van der Waals surface area contributed by atoms with Crippen molar-refractivity contribution >= 4 is 19.8 Å². The average molecular weight is 754 g/mol. The number of carbonyl (C=O) groups excluding carboxylic acids is 2. The third kappa shape index (κ3) is 36.0. The fourth-order valence-corrected chi connectivity index (χ4v) is 5.73. The fourth-order valence-electron chi connectivity index (χ4n) is 4.97. The summed E-state index contributed by atoms with van der Waals surface area (Å²) in [6.45, 7) is 3.48. The zero-order valence-electron chi connectivity index (χ0n) is 32.4. The number of ether oxygens (including phenoxy) is 2. The lowest BCUT2D eigenvalue weighted by Crippen LogP contribution is -2.29. The predicted octanol–water partition coefficient (Wildman–Crippen LogP) is 9.91. The zero-order valence-corrected chi connectivity index (χ0v) is 33.3. The van der Waals surface area contributed by atoms with Gasteiger partial charge in [0.2, 0.25) is 0 Å². The van der Waals surface area contributed by atoms with Crippen molar-refractivity contribution in [2.24, 2.45) is 5.73 Å². The molecular weight excluding hydrogens is 681 g/mol. The van der Waals surface area contributed by atoms with Crippen LogP contribution >= 0.6 is 7.82 Å². The first-order chi connectivity index (χ1) is 25.2. The highest BCUT2D eigenvalue weighted by atomic mass is 31.2. The van der Waals surface area contributed by atoms with Gasteiger partial charge >= 0.3 is 19.8 Å². The molecule has 52 heavy (non-hydrogen) atoms. The summed E-state index contributed by atoms with van der Waals surface area (Å²) < 4.78 is 32.6. The maximum absolute atomic E-state index is 12.5. The lowest BCUT2D eigenvalue weighted by atomic mass is 10.1. The molecule has 0 heterocycles. The highest BCUT2D eigenvalue weighted by Gasteiger charge is 2.25. The Morgan fingerprint density at radius 1 is 0.673 bits per heavy atom. The Labute approximate surface area is 315 Å². The van der Waals surface area contributed by atoms with Gasteiger partial charge in [0.15, 0.2) is 6.10 Å². The van der Waals surface area contributed by atoms with Gasteiger partial charge in [-0.25, -0.2) is 4.57 Å². The zero-order chi connectivity index (χ0) is 38.4. The van der Waals surface area contributed by atoms with Crippen LogP contribution in [0.25, 0.3) is 0 Å². The molecule has 0 aliphatic rings. The minimum atomic E-state index is -4.40. The van der Waals surface area contributed by atoms with Crippen LogP contribution in [0.5, 0.6) is 0 Å². The Morgan fingerprint density at radius 2 is 1.25 bits per heavy atom. The Bertz CT molecular complexity index is 1060. The van der Waals surface area contributed by atoms with Crippen LogP contribution in [0.4, 0.5) is 0 Å². The third-order valence-electron chi connectivity index (χ3n) is 7.98. The molecule has 10 nitrogen and oxygen atoms in total. The van der Waals surface area contributed by atoms with Crippen molar-refractivity contribution in [3.63, 3.8) is 0 Å². The summed E-state index contributed by atoms with van der Waals surface area (Å²) in [6, 6.07) is 0. The Morgan fingerprint density at radius 3 is 1.96 bits per heavy atom. The van der Waals surface area contributed by atoms with Crippen molar-refractivity contribution in [2.75, 3.05) is 26.4 Å². The van der Waals surface area contributed by atoms with Crippen molar-refractivity contribution in [1.29, 1.82) is 0 Å². The van der Waals surface area contributed by atoms with Crippen LogP contribution in [0.1, 0.15) is 149 Å². The van der Waals surface area contributed by atoms with E-state index in [1.807, 2.05) is 36.5 Å². The number of aliphatic hydroxyl groups excluding tert-OH is 1. The van der Waals surface area contributed by atoms with E-state index in [0.29, 0.717) is 19.3 Å². The molecule has 0 rings (SSSR count). The molecule has 11 heteroatoms. The first-order valence-electron chi connectivity index (χ1n) is 19.9. The molecule has 0 aliphatic heterocycles. The van der Waals surface area contributed by atoms with Crippen LogP contribution in [-0.2, 0) is 32.7 Å². The smallest absolute Gasteiger partial charge is 0.462 e. The maximum atomic E-state index is 12.5. The van der Waals surface area contributed by atoms with Gasteiger partial charge in [-0.1, -0.05) is 132 Å². The summed E-state index contributed by atoms with van der Waals surface area (Å²) in [6.07, 6.45) is 38.7. The Balaban J connectivity index is 4.38. The highest BCUT2D eigenvalue weighted by molar-refractivity contribution is 7.47. The van der Waals surface area contributed by atoms with E-state index in [9.17, 15) is 24.2 Å².